The summed E-state index contributed by atoms with van der Waals surface area (Å²) in [5.41, 5.74) is 4.50. The first-order chi connectivity index (χ1) is 14.7. The van der Waals surface area contributed by atoms with Crippen molar-refractivity contribution in [3.63, 3.8) is 0 Å². The average molecular weight is 391 g/mol. The Morgan fingerprint density at radius 2 is 1.50 bits per heavy atom. The highest BCUT2D eigenvalue weighted by Gasteiger charge is 2.33. The molecule has 0 unspecified atom stereocenters. The summed E-state index contributed by atoms with van der Waals surface area (Å²) in [6.07, 6.45) is 0. The molecular formula is C26H17NO3. The monoisotopic (exact) mass is 391 g/mol. The number of phenolic OH excluding ortho intramolecular Hbond substituents is 1. The highest BCUT2D eigenvalue weighted by atomic mass is 16.4. The molecule has 1 aromatic heterocycles. The summed E-state index contributed by atoms with van der Waals surface area (Å²) in [6.45, 7) is 0. The number of benzene rings is 4. The van der Waals surface area contributed by atoms with E-state index in [0.717, 1.165) is 38.7 Å². The molecule has 0 aliphatic carbocycles. The smallest absolute Gasteiger partial charge is 0.342 e. The fraction of sp³-hybridized carbons (Fsp3) is 0.0385. The van der Waals surface area contributed by atoms with Gasteiger partial charge in [-0.1, -0.05) is 54.6 Å². The van der Waals surface area contributed by atoms with Crippen LogP contribution in [0.4, 0.5) is 11.4 Å². The molecule has 4 aromatic carbocycles. The van der Waals surface area contributed by atoms with Crippen molar-refractivity contribution in [2.45, 2.75) is 5.92 Å². The van der Waals surface area contributed by atoms with E-state index >= 15 is 0 Å². The van der Waals surface area contributed by atoms with Crippen LogP contribution in [0.25, 0.3) is 21.7 Å². The summed E-state index contributed by atoms with van der Waals surface area (Å²) in [7, 11) is 0. The van der Waals surface area contributed by atoms with E-state index in [9.17, 15) is 9.90 Å². The maximum Gasteiger partial charge on any atom is 0.342 e. The van der Waals surface area contributed by atoms with Crippen LogP contribution in [0.15, 0.2) is 94.1 Å². The molecule has 4 heteroatoms. The minimum absolute atomic E-state index is 0.191. The predicted molar refractivity (Wildman–Crippen MR) is 119 cm³/mol. The van der Waals surface area contributed by atoms with E-state index in [1.165, 1.54) is 0 Å². The van der Waals surface area contributed by atoms with Crippen LogP contribution in [0.1, 0.15) is 22.6 Å². The summed E-state index contributed by atoms with van der Waals surface area (Å²) in [5.74, 6) is -0.125. The lowest BCUT2D eigenvalue weighted by Crippen LogP contribution is -2.22. The molecule has 0 radical (unpaired) electrons. The number of nitrogens with one attached hydrogen (secondary N) is 1. The van der Waals surface area contributed by atoms with Gasteiger partial charge in [-0.3, -0.25) is 0 Å². The SMILES string of the molecule is O=c1oc2ccccc2c2c1[C@H](c1ccc(O)cc1)c1c(ccc3ccccc13)N2. The fourth-order valence-electron chi connectivity index (χ4n) is 4.56. The molecule has 6 rings (SSSR count). The number of para-hydroxylation sites is 1. The lowest BCUT2D eigenvalue weighted by Gasteiger charge is -2.30. The summed E-state index contributed by atoms with van der Waals surface area (Å²) < 4.78 is 5.72. The maximum atomic E-state index is 13.2. The van der Waals surface area contributed by atoms with Gasteiger partial charge in [0.1, 0.15) is 11.3 Å². The Hall–Kier alpha value is -4.05. The van der Waals surface area contributed by atoms with Crippen molar-refractivity contribution in [2.75, 3.05) is 5.32 Å². The lowest BCUT2D eigenvalue weighted by molar-refractivity contribution is 0.475. The molecule has 1 aliphatic heterocycles. The van der Waals surface area contributed by atoms with Crippen LogP contribution in [-0.2, 0) is 0 Å². The van der Waals surface area contributed by atoms with Crippen LogP contribution in [0.3, 0.4) is 0 Å². The Bertz CT molecular complexity index is 1500. The third kappa shape index (κ3) is 2.37. The van der Waals surface area contributed by atoms with E-state index in [2.05, 4.69) is 29.6 Å². The summed E-state index contributed by atoms with van der Waals surface area (Å²) in [4.78, 5) is 13.2. The van der Waals surface area contributed by atoms with E-state index in [-0.39, 0.29) is 17.3 Å². The summed E-state index contributed by atoms with van der Waals surface area (Å²) in [6, 6.07) is 27.0. The first-order valence-corrected chi connectivity index (χ1v) is 9.84. The molecule has 0 saturated carbocycles. The number of phenols is 1. The van der Waals surface area contributed by atoms with Crippen LogP contribution in [0.5, 0.6) is 5.75 Å². The second kappa shape index (κ2) is 6.22. The van der Waals surface area contributed by atoms with Gasteiger partial charge in [0.15, 0.2) is 0 Å². The average Bonchev–Trinajstić information content (AvgIpc) is 2.78. The molecule has 0 amide bonds. The molecule has 2 heterocycles. The van der Waals surface area contributed by atoms with Gasteiger partial charge >= 0.3 is 5.63 Å². The van der Waals surface area contributed by atoms with E-state index in [1.807, 2.05) is 48.5 Å². The topological polar surface area (TPSA) is 62.5 Å². The quantitative estimate of drug-likeness (QED) is 0.343. The van der Waals surface area contributed by atoms with E-state index in [4.69, 9.17) is 4.42 Å². The van der Waals surface area contributed by atoms with Gasteiger partial charge in [0.2, 0.25) is 0 Å². The largest absolute Gasteiger partial charge is 0.508 e. The van der Waals surface area contributed by atoms with Crippen LogP contribution >= 0.6 is 0 Å². The second-order valence-corrected chi connectivity index (χ2v) is 7.57. The van der Waals surface area contributed by atoms with Gasteiger partial charge in [0.05, 0.1) is 11.3 Å². The van der Waals surface area contributed by atoms with Crippen molar-refractivity contribution in [1.82, 2.24) is 0 Å². The standard InChI is InChI=1S/C26H17NO3/c28-17-12-9-16(10-13-17)22-23-18-6-2-1-5-15(18)11-14-20(23)27-25-19-7-3-4-8-21(19)30-26(29)24(22)25/h1-14,22,27-28H/t22-/m1/s1. The number of rotatable bonds is 1. The van der Waals surface area contributed by atoms with Gasteiger partial charge in [-0.15, -0.1) is 0 Å². The first kappa shape index (κ1) is 16.9. The zero-order valence-electron chi connectivity index (χ0n) is 15.9. The van der Waals surface area contributed by atoms with Crippen molar-refractivity contribution >= 4 is 33.1 Å². The summed E-state index contributed by atoms with van der Waals surface area (Å²) in [5, 5.41) is 16.4. The van der Waals surface area contributed by atoms with Gasteiger partial charge in [-0.25, -0.2) is 4.79 Å². The highest BCUT2D eigenvalue weighted by molar-refractivity contribution is 6.00. The van der Waals surface area contributed by atoms with Gasteiger partial charge in [-0.2, -0.15) is 0 Å². The minimum atomic E-state index is -0.354. The number of anilines is 2. The molecule has 0 saturated heterocycles. The molecule has 2 N–H and O–H groups in total. The third-order valence-electron chi connectivity index (χ3n) is 5.88. The molecule has 0 bridgehead atoms. The molecule has 0 spiro atoms. The molecule has 4 nitrogen and oxygen atoms in total. The first-order valence-electron chi connectivity index (χ1n) is 9.84. The number of aromatic hydroxyl groups is 1. The van der Waals surface area contributed by atoms with Crippen LogP contribution < -0.4 is 10.9 Å². The maximum absolute atomic E-state index is 13.2. The van der Waals surface area contributed by atoms with Crippen molar-refractivity contribution in [3.8, 4) is 5.75 Å². The Morgan fingerprint density at radius 3 is 2.33 bits per heavy atom. The van der Waals surface area contributed by atoms with Gasteiger partial charge in [0.25, 0.3) is 0 Å². The Balaban J connectivity index is 1.76. The lowest BCUT2D eigenvalue weighted by atomic mass is 9.79. The second-order valence-electron chi connectivity index (χ2n) is 7.57. The fourth-order valence-corrected chi connectivity index (χ4v) is 4.56. The van der Waals surface area contributed by atoms with Crippen molar-refractivity contribution in [2.24, 2.45) is 0 Å². The molecule has 1 atom stereocenters. The van der Waals surface area contributed by atoms with Crippen molar-refractivity contribution in [3.05, 3.63) is 112 Å². The summed E-state index contributed by atoms with van der Waals surface area (Å²) >= 11 is 0. The van der Waals surface area contributed by atoms with Crippen LogP contribution in [-0.4, -0.2) is 5.11 Å². The number of hydrogen-bond acceptors (Lipinski definition) is 4. The normalized spacial score (nSPS) is 14.9. The van der Waals surface area contributed by atoms with E-state index in [0.29, 0.717) is 11.1 Å². The molecule has 0 fully saturated rings. The molecule has 1 aliphatic rings. The zero-order chi connectivity index (χ0) is 20.2. The molecular weight excluding hydrogens is 374 g/mol. The zero-order valence-corrected chi connectivity index (χ0v) is 15.9. The van der Waals surface area contributed by atoms with E-state index in [1.54, 1.807) is 12.1 Å². The Kier molecular flexibility index (Phi) is 3.50. The third-order valence-corrected chi connectivity index (χ3v) is 5.88. The predicted octanol–water partition coefficient (Wildman–Crippen LogP) is 5.89. The van der Waals surface area contributed by atoms with Crippen molar-refractivity contribution < 1.29 is 9.52 Å². The van der Waals surface area contributed by atoms with Crippen LogP contribution in [0.2, 0.25) is 0 Å². The molecule has 144 valence electrons. The Labute approximate surface area is 172 Å². The molecule has 30 heavy (non-hydrogen) atoms. The van der Waals surface area contributed by atoms with Crippen LogP contribution in [0, 0.1) is 0 Å². The van der Waals surface area contributed by atoms with Gasteiger partial charge in [0, 0.05) is 17.0 Å². The minimum Gasteiger partial charge on any atom is -0.508 e. The van der Waals surface area contributed by atoms with Gasteiger partial charge < -0.3 is 14.8 Å². The van der Waals surface area contributed by atoms with Gasteiger partial charge in [-0.05, 0) is 52.2 Å². The number of hydrogen-bond donors (Lipinski definition) is 2. The molecule has 5 aromatic rings. The number of fused-ring (bicyclic) bond motifs is 6. The Morgan fingerprint density at radius 1 is 0.767 bits per heavy atom. The highest BCUT2D eigenvalue weighted by Crippen LogP contribution is 2.48. The van der Waals surface area contributed by atoms with E-state index < -0.39 is 0 Å². The van der Waals surface area contributed by atoms with Crippen molar-refractivity contribution in [1.29, 1.82) is 0 Å².